The molecule has 19 heavy (non-hydrogen) atoms. The third-order valence-corrected chi connectivity index (χ3v) is 3.35. The number of nitrogens with one attached hydrogen (secondary N) is 1. The Hall–Kier alpha value is -1.59. The van der Waals surface area contributed by atoms with Gasteiger partial charge in [0.25, 0.3) is 0 Å². The van der Waals surface area contributed by atoms with Crippen LogP contribution in [-0.2, 0) is 20.7 Å². The van der Waals surface area contributed by atoms with Crippen LogP contribution in [0.1, 0.15) is 12.5 Å². The van der Waals surface area contributed by atoms with E-state index >= 15 is 0 Å². The normalized spacial score (nSPS) is 13.8. The smallest absolute Gasteiger partial charge is 0.223 e. The molecule has 0 aromatic heterocycles. The second-order valence-corrected chi connectivity index (χ2v) is 4.55. The third-order valence-electron chi connectivity index (χ3n) is 3.35. The van der Waals surface area contributed by atoms with E-state index in [4.69, 9.17) is 9.47 Å². The minimum absolute atomic E-state index is 0.0956. The van der Waals surface area contributed by atoms with Gasteiger partial charge in [-0.2, -0.15) is 0 Å². The van der Waals surface area contributed by atoms with Gasteiger partial charge in [-0.05, 0) is 30.2 Å². The Morgan fingerprint density at radius 1 is 1.42 bits per heavy atom. The maximum Gasteiger partial charge on any atom is 0.223 e. The van der Waals surface area contributed by atoms with E-state index in [9.17, 15) is 4.79 Å². The lowest BCUT2D eigenvalue weighted by atomic mass is 10.1. The van der Waals surface area contributed by atoms with Gasteiger partial charge in [0.15, 0.2) is 6.29 Å². The van der Waals surface area contributed by atoms with Crippen molar-refractivity contribution in [3.05, 3.63) is 23.8 Å². The Morgan fingerprint density at radius 2 is 2.16 bits per heavy atom. The zero-order chi connectivity index (χ0) is 13.8. The Bertz CT molecular complexity index is 458. The molecular formula is C14H20N2O3. The second kappa shape index (κ2) is 6.04. The zero-order valence-electron chi connectivity index (χ0n) is 11.6. The molecule has 0 fully saturated rings. The molecular weight excluding hydrogens is 244 g/mol. The number of benzene rings is 1. The molecule has 1 heterocycles. The molecule has 5 heteroatoms. The molecule has 0 atom stereocenters. The molecule has 0 aliphatic carbocycles. The first-order chi connectivity index (χ1) is 9.15. The molecule has 0 saturated carbocycles. The van der Waals surface area contributed by atoms with Crippen molar-refractivity contribution in [3.63, 3.8) is 0 Å². The van der Waals surface area contributed by atoms with Gasteiger partial charge in [0, 0.05) is 39.1 Å². The fraction of sp³-hybridized carbons (Fsp3) is 0.500. The summed E-state index contributed by atoms with van der Waals surface area (Å²) in [5, 5.41) is 3.27. The predicted octanol–water partition coefficient (Wildman–Crippen LogP) is 1.63. The van der Waals surface area contributed by atoms with E-state index in [0.717, 1.165) is 24.3 Å². The van der Waals surface area contributed by atoms with Crippen LogP contribution in [0.4, 0.5) is 11.4 Å². The molecule has 1 aromatic rings. The minimum atomic E-state index is -0.262. The van der Waals surface area contributed by atoms with Crippen LogP contribution in [0.3, 0.4) is 0 Å². The van der Waals surface area contributed by atoms with Crippen LogP contribution in [-0.4, -0.2) is 39.5 Å². The minimum Gasteiger partial charge on any atom is -0.380 e. The first kappa shape index (κ1) is 13.8. The van der Waals surface area contributed by atoms with Crippen molar-refractivity contribution in [3.8, 4) is 0 Å². The lowest BCUT2D eigenvalue weighted by molar-refractivity contribution is -0.116. The van der Waals surface area contributed by atoms with Gasteiger partial charge in [0.05, 0.1) is 6.54 Å². The fourth-order valence-electron chi connectivity index (χ4n) is 2.30. The number of anilines is 2. The highest BCUT2D eigenvalue weighted by atomic mass is 16.7. The number of rotatable bonds is 5. The Balaban J connectivity index is 2.04. The van der Waals surface area contributed by atoms with Gasteiger partial charge in [-0.25, -0.2) is 0 Å². The SMILES string of the molecule is COC(CNc1ccc2c(c1)CCN2C(C)=O)OC. The molecule has 1 N–H and O–H groups in total. The monoisotopic (exact) mass is 264 g/mol. The van der Waals surface area contributed by atoms with Crippen LogP contribution < -0.4 is 10.2 Å². The second-order valence-electron chi connectivity index (χ2n) is 4.55. The van der Waals surface area contributed by atoms with Crippen molar-refractivity contribution < 1.29 is 14.3 Å². The van der Waals surface area contributed by atoms with Gasteiger partial charge in [0.1, 0.15) is 0 Å². The van der Waals surface area contributed by atoms with E-state index in [1.807, 2.05) is 17.0 Å². The lowest BCUT2D eigenvalue weighted by Gasteiger charge is -2.17. The Labute approximate surface area is 113 Å². The first-order valence-corrected chi connectivity index (χ1v) is 6.36. The average molecular weight is 264 g/mol. The summed E-state index contributed by atoms with van der Waals surface area (Å²) in [7, 11) is 3.23. The van der Waals surface area contributed by atoms with Crippen LogP contribution in [0.2, 0.25) is 0 Å². The molecule has 1 aromatic carbocycles. The lowest BCUT2D eigenvalue weighted by Crippen LogP contribution is -2.25. The van der Waals surface area contributed by atoms with Gasteiger partial charge < -0.3 is 19.7 Å². The molecule has 104 valence electrons. The third kappa shape index (κ3) is 3.05. The standard InChI is InChI=1S/C14H20N2O3/c1-10(17)16-7-6-11-8-12(4-5-13(11)16)15-9-14(18-2)19-3/h4-5,8,14-15H,6-7,9H2,1-3H3. The number of ether oxygens (including phenoxy) is 2. The largest absolute Gasteiger partial charge is 0.380 e. The Kier molecular flexibility index (Phi) is 4.39. The quantitative estimate of drug-likeness (QED) is 0.821. The fourth-order valence-corrected chi connectivity index (χ4v) is 2.30. The van der Waals surface area contributed by atoms with Crippen LogP contribution in [0.15, 0.2) is 18.2 Å². The first-order valence-electron chi connectivity index (χ1n) is 6.36. The van der Waals surface area contributed by atoms with E-state index < -0.39 is 0 Å². The van der Waals surface area contributed by atoms with Gasteiger partial charge in [-0.3, -0.25) is 4.79 Å². The van der Waals surface area contributed by atoms with Gasteiger partial charge in [-0.15, -0.1) is 0 Å². The topological polar surface area (TPSA) is 50.8 Å². The van der Waals surface area contributed by atoms with Crippen molar-refractivity contribution in [1.29, 1.82) is 0 Å². The highest BCUT2D eigenvalue weighted by Gasteiger charge is 2.22. The molecule has 1 aliphatic heterocycles. The molecule has 2 rings (SSSR count). The number of carbonyl (C=O) groups excluding carboxylic acids is 1. The summed E-state index contributed by atoms with van der Waals surface area (Å²) in [4.78, 5) is 13.3. The van der Waals surface area contributed by atoms with Crippen LogP contribution in [0.5, 0.6) is 0 Å². The summed E-state index contributed by atoms with van der Waals surface area (Å²) in [5.74, 6) is 0.0956. The number of hydrogen-bond acceptors (Lipinski definition) is 4. The number of carbonyl (C=O) groups is 1. The predicted molar refractivity (Wildman–Crippen MR) is 74.5 cm³/mol. The van der Waals surface area contributed by atoms with Crippen LogP contribution in [0, 0.1) is 0 Å². The number of hydrogen-bond donors (Lipinski definition) is 1. The highest BCUT2D eigenvalue weighted by molar-refractivity contribution is 5.94. The van der Waals surface area contributed by atoms with E-state index in [1.165, 1.54) is 5.56 Å². The number of methoxy groups -OCH3 is 2. The molecule has 1 amide bonds. The maximum atomic E-state index is 11.5. The van der Waals surface area contributed by atoms with Crippen molar-refractivity contribution >= 4 is 17.3 Å². The molecule has 0 spiro atoms. The van der Waals surface area contributed by atoms with Crippen molar-refractivity contribution in [1.82, 2.24) is 0 Å². The van der Waals surface area contributed by atoms with E-state index in [2.05, 4.69) is 11.4 Å². The summed E-state index contributed by atoms with van der Waals surface area (Å²) in [5.41, 5.74) is 3.24. The van der Waals surface area contributed by atoms with Gasteiger partial charge in [-0.1, -0.05) is 0 Å². The molecule has 0 saturated heterocycles. The van der Waals surface area contributed by atoms with E-state index in [-0.39, 0.29) is 12.2 Å². The average Bonchev–Trinajstić information content (AvgIpc) is 2.83. The summed E-state index contributed by atoms with van der Waals surface area (Å²) in [6, 6.07) is 6.05. The summed E-state index contributed by atoms with van der Waals surface area (Å²) >= 11 is 0. The van der Waals surface area contributed by atoms with E-state index in [0.29, 0.717) is 6.54 Å². The number of fused-ring (bicyclic) bond motifs is 1. The Morgan fingerprint density at radius 3 is 2.79 bits per heavy atom. The summed E-state index contributed by atoms with van der Waals surface area (Å²) in [6.45, 7) is 2.96. The number of amides is 1. The van der Waals surface area contributed by atoms with Crippen molar-refractivity contribution in [2.45, 2.75) is 19.6 Å². The zero-order valence-corrected chi connectivity index (χ0v) is 11.6. The molecule has 5 nitrogen and oxygen atoms in total. The van der Waals surface area contributed by atoms with Crippen LogP contribution >= 0.6 is 0 Å². The van der Waals surface area contributed by atoms with Crippen molar-refractivity contribution in [2.24, 2.45) is 0 Å². The maximum absolute atomic E-state index is 11.5. The van der Waals surface area contributed by atoms with Crippen molar-refractivity contribution in [2.75, 3.05) is 37.5 Å². The highest BCUT2D eigenvalue weighted by Crippen LogP contribution is 2.30. The molecule has 1 aliphatic rings. The van der Waals surface area contributed by atoms with Gasteiger partial charge >= 0.3 is 0 Å². The summed E-state index contributed by atoms with van der Waals surface area (Å²) in [6.07, 6.45) is 0.643. The molecule has 0 radical (unpaired) electrons. The molecule has 0 bridgehead atoms. The van der Waals surface area contributed by atoms with E-state index in [1.54, 1.807) is 21.1 Å². The van der Waals surface area contributed by atoms with Gasteiger partial charge in [0.2, 0.25) is 5.91 Å². The van der Waals surface area contributed by atoms with Crippen LogP contribution in [0.25, 0.3) is 0 Å². The number of nitrogens with zero attached hydrogens (tertiary/aromatic N) is 1. The summed E-state index contributed by atoms with van der Waals surface area (Å²) < 4.78 is 10.2. The molecule has 0 unspecified atom stereocenters.